The van der Waals surface area contributed by atoms with Gasteiger partial charge < -0.3 is 20.1 Å². The predicted molar refractivity (Wildman–Crippen MR) is 133 cm³/mol. The summed E-state index contributed by atoms with van der Waals surface area (Å²) >= 11 is 3.46. The maximum absolute atomic E-state index is 14.6. The standard InChI is InChI=1S/C24H25BrFN5O3/c1-2-34-22-14-20-18(23(28-15-27-20)29-17-5-3-4-16(25)12-17)13-21(22)30-24(32)19(26)6-7-31-8-10-33-11-9-31/h3-6,12-15H,2,7-11H2,1H3,(H,30,32)(H,27,28,29). The van der Waals surface area contributed by atoms with Crippen LogP contribution in [0.25, 0.3) is 10.9 Å². The summed E-state index contributed by atoms with van der Waals surface area (Å²) in [7, 11) is 0. The molecule has 1 aliphatic rings. The number of amides is 1. The molecule has 4 rings (SSSR count). The van der Waals surface area contributed by atoms with E-state index in [9.17, 15) is 9.18 Å². The highest BCUT2D eigenvalue weighted by molar-refractivity contribution is 9.10. The fourth-order valence-corrected chi connectivity index (χ4v) is 3.93. The summed E-state index contributed by atoms with van der Waals surface area (Å²) in [5, 5.41) is 6.55. The Hall–Kier alpha value is -3.08. The first kappa shape index (κ1) is 24.1. The van der Waals surface area contributed by atoms with Crippen molar-refractivity contribution in [1.82, 2.24) is 14.9 Å². The second-order valence-electron chi connectivity index (χ2n) is 7.58. The zero-order valence-corrected chi connectivity index (χ0v) is 20.3. The molecule has 8 nitrogen and oxygen atoms in total. The van der Waals surface area contributed by atoms with Gasteiger partial charge in [0.2, 0.25) is 0 Å². The molecule has 1 saturated heterocycles. The number of rotatable bonds is 8. The molecular weight excluding hydrogens is 505 g/mol. The van der Waals surface area contributed by atoms with Crippen LogP contribution in [0.5, 0.6) is 5.75 Å². The van der Waals surface area contributed by atoms with Gasteiger partial charge in [0.25, 0.3) is 5.91 Å². The first-order valence-corrected chi connectivity index (χ1v) is 11.7. The quantitative estimate of drug-likeness (QED) is 0.410. The third-order valence-electron chi connectivity index (χ3n) is 5.22. The van der Waals surface area contributed by atoms with Gasteiger partial charge in [-0.3, -0.25) is 9.69 Å². The minimum atomic E-state index is -0.856. The zero-order chi connectivity index (χ0) is 23.9. The number of carbonyl (C=O) groups excluding carboxylic acids is 1. The van der Waals surface area contributed by atoms with E-state index >= 15 is 0 Å². The number of aromatic nitrogens is 2. The second-order valence-corrected chi connectivity index (χ2v) is 8.49. The number of morpholine rings is 1. The Kier molecular flexibility index (Phi) is 8.04. The summed E-state index contributed by atoms with van der Waals surface area (Å²) < 4.78 is 26.5. The normalized spacial score (nSPS) is 14.7. The van der Waals surface area contributed by atoms with E-state index in [1.807, 2.05) is 36.1 Å². The molecule has 1 fully saturated rings. The lowest BCUT2D eigenvalue weighted by Crippen LogP contribution is -2.36. The van der Waals surface area contributed by atoms with Crippen LogP contribution in [0.4, 0.5) is 21.6 Å². The third kappa shape index (κ3) is 6.07. The van der Waals surface area contributed by atoms with Gasteiger partial charge >= 0.3 is 0 Å². The number of fused-ring (bicyclic) bond motifs is 1. The molecule has 2 N–H and O–H groups in total. The van der Waals surface area contributed by atoms with Gasteiger partial charge in [-0.15, -0.1) is 0 Å². The number of benzene rings is 2. The molecule has 1 aliphatic heterocycles. The molecule has 10 heteroatoms. The maximum atomic E-state index is 14.6. The van der Waals surface area contributed by atoms with E-state index in [1.165, 1.54) is 12.4 Å². The summed E-state index contributed by atoms with van der Waals surface area (Å²) in [4.78, 5) is 23.3. The number of hydrogen-bond acceptors (Lipinski definition) is 7. The Morgan fingerprint density at radius 1 is 1.26 bits per heavy atom. The molecule has 0 aliphatic carbocycles. The topological polar surface area (TPSA) is 88.6 Å². The van der Waals surface area contributed by atoms with E-state index < -0.39 is 11.7 Å². The van der Waals surface area contributed by atoms with Crippen molar-refractivity contribution in [2.75, 3.05) is 50.1 Å². The maximum Gasteiger partial charge on any atom is 0.284 e. The predicted octanol–water partition coefficient (Wildman–Crippen LogP) is 4.66. The molecule has 0 saturated carbocycles. The van der Waals surface area contributed by atoms with Gasteiger partial charge in [0.1, 0.15) is 17.9 Å². The number of hydrogen-bond donors (Lipinski definition) is 2. The van der Waals surface area contributed by atoms with Crippen LogP contribution in [-0.2, 0) is 9.53 Å². The van der Waals surface area contributed by atoms with E-state index in [1.54, 1.807) is 12.1 Å². The summed E-state index contributed by atoms with van der Waals surface area (Å²) in [6.07, 6.45) is 2.73. The summed E-state index contributed by atoms with van der Waals surface area (Å²) in [6, 6.07) is 11.0. The average molecular weight is 530 g/mol. The molecule has 0 spiro atoms. The minimum Gasteiger partial charge on any atom is -0.492 e. The molecule has 0 radical (unpaired) electrons. The van der Waals surface area contributed by atoms with Crippen LogP contribution < -0.4 is 15.4 Å². The highest BCUT2D eigenvalue weighted by Gasteiger charge is 2.17. The molecule has 2 heterocycles. The van der Waals surface area contributed by atoms with E-state index in [4.69, 9.17) is 9.47 Å². The van der Waals surface area contributed by atoms with E-state index in [0.29, 0.717) is 67.6 Å². The zero-order valence-electron chi connectivity index (χ0n) is 18.7. The average Bonchev–Trinajstić information content (AvgIpc) is 2.84. The van der Waals surface area contributed by atoms with Crippen LogP contribution in [0.3, 0.4) is 0 Å². The van der Waals surface area contributed by atoms with Crippen LogP contribution in [0.15, 0.2) is 59.1 Å². The lowest BCUT2D eigenvalue weighted by molar-refractivity contribution is -0.114. The fourth-order valence-electron chi connectivity index (χ4n) is 3.53. The highest BCUT2D eigenvalue weighted by atomic mass is 79.9. The smallest absolute Gasteiger partial charge is 0.284 e. The van der Waals surface area contributed by atoms with Gasteiger partial charge in [0, 0.05) is 41.2 Å². The van der Waals surface area contributed by atoms with Crippen LogP contribution in [0.1, 0.15) is 6.92 Å². The monoisotopic (exact) mass is 529 g/mol. The van der Waals surface area contributed by atoms with E-state index in [-0.39, 0.29) is 0 Å². The third-order valence-corrected chi connectivity index (χ3v) is 5.71. The summed E-state index contributed by atoms with van der Waals surface area (Å²) in [5.41, 5.74) is 1.78. The van der Waals surface area contributed by atoms with E-state index in [0.717, 1.165) is 10.2 Å². The summed E-state index contributed by atoms with van der Waals surface area (Å²) in [5.74, 6) is -0.751. The summed E-state index contributed by atoms with van der Waals surface area (Å²) in [6.45, 7) is 5.17. The van der Waals surface area contributed by atoms with Gasteiger partial charge in [0.15, 0.2) is 5.83 Å². The van der Waals surface area contributed by atoms with Crippen molar-refractivity contribution in [3.63, 3.8) is 0 Å². The largest absolute Gasteiger partial charge is 0.492 e. The molecule has 1 aromatic heterocycles. The molecule has 34 heavy (non-hydrogen) atoms. The van der Waals surface area contributed by atoms with Gasteiger partial charge in [-0.05, 0) is 37.3 Å². The van der Waals surface area contributed by atoms with Gasteiger partial charge in [-0.25, -0.2) is 14.4 Å². The van der Waals surface area contributed by atoms with Crippen LogP contribution in [0.2, 0.25) is 0 Å². The fraction of sp³-hybridized carbons (Fsp3) is 0.292. The number of nitrogens with zero attached hydrogens (tertiary/aromatic N) is 3. The Morgan fingerprint density at radius 3 is 2.85 bits per heavy atom. The van der Waals surface area contributed by atoms with Crippen LogP contribution in [0, 0.1) is 0 Å². The first-order valence-electron chi connectivity index (χ1n) is 10.9. The van der Waals surface area contributed by atoms with Crippen molar-refractivity contribution >= 4 is 49.9 Å². The molecular formula is C24H25BrFN5O3. The Balaban J connectivity index is 1.59. The Bertz CT molecular complexity index is 1200. The Labute approximate surface area is 205 Å². The van der Waals surface area contributed by atoms with Crippen molar-refractivity contribution in [2.45, 2.75) is 6.92 Å². The minimum absolute atomic E-state index is 0.335. The highest BCUT2D eigenvalue weighted by Crippen LogP contribution is 2.34. The van der Waals surface area contributed by atoms with Crippen molar-refractivity contribution in [3.05, 3.63) is 59.1 Å². The number of anilines is 3. The van der Waals surface area contributed by atoms with Gasteiger partial charge in [-0.1, -0.05) is 22.0 Å². The van der Waals surface area contributed by atoms with Gasteiger partial charge in [0.05, 0.1) is 31.0 Å². The molecule has 0 unspecified atom stereocenters. The van der Waals surface area contributed by atoms with Crippen LogP contribution in [-0.4, -0.2) is 60.2 Å². The molecule has 2 aromatic carbocycles. The number of nitrogens with one attached hydrogen (secondary N) is 2. The van der Waals surface area contributed by atoms with Crippen LogP contribution >= 0.6 is 15.9 Å². The van der Waals surface area contributed by atoms with Crippen molar-refractivity contribution in [3.8, 4) is 5.75 Å². The second kappa shape index (κ2) is 11.4. The molecule has 3 aromatic rings. The number of ether oxygens (including phenoxy) is 2. The SMILES string of the molecule is CCOc1cc2ncnc(Nc3cccc(Br)c3)c2cc1NC(=O)C(F)=CCN1CCOCC1. The van der Waals surface area contributed by atoms with Crippen molar-refractivity contribution in [2.24, 2.45) is 0 Å². The lowest BCUT2D eigenvalue weighted by Gasteiger charge is -2.25. The number of halogens is 2. The molecule has 1 amide bonds. The molecule has 0 bridgehead atoms. The Morgan fingerprint density at radius 2 is 2.09 bits per heavy atom. The lowest BCUT2D eigenvalue weighted by atomic mass is 10.1. The van der Waals surface area contributed by atoms with E-state index in [2.05, 4.69) is 36.5 Å². The number of carbonyl (C=O) groups is 1. The first-order chi connectivity index (χ1) is 16.5. The van der Waals surface area contributed by atoms with Crippen molar-refractivity contribution in [1.29, 1.82) is 0 Å². The van der Waals surface area contributed by atoms with Gasteiger partial charge in [-0.2, -0.15) is 0 Å². The van der Waals surface area contributed by atoms with Crippen molar-refractivity contribution < 1.29 is 18.7 Å². The molecule has 178 valence electrons. The molecule has 0 atom stereocenters.